The topological polar surface area (TPSA) is 65.5 Å². The average molecular weight is 496 g/mol. The van der Waals surface area contributed by atoms with E-state index in [0.717, 1.165) is 27.9 Å². The molecule has 0 saturated carbocycles. The number of hydrogen-bond donors (Lipinski definition) is 0. The molecule has 0 spiro atoms. The van der Waals surface area contributed by atoms with Gasteiger partial charge in [-0.2, -0.15) is 0 Å². The molecule has 0 amide bonds. The molecule has 1 aromatic heterocycles. The summed E-state index contributed by atoms with van der Waals surface area (Å²) in [6.07, 6.45) is 2.56. The van der Waals surface area contributed by atoms with Crippen LogP contribution in [-0.4, -0.2) is 31.3 Å². The van der Waals surface area contributed by atoms with Crippen molar-refractivity contribution in [2.45, 2.75) is 32.6 Å². The molecule has 35 heavy (non-hydrogen) atoms. The zero-order chi connectivity index (χ0) is 25.4. The van der Waals surface area contributed by atoms with E-state index in [1.807, 2.05) is 36.4 Å². The van der Waals surface area contributed by atoms with Crippen molar-refractivity contribution in [2.75, 3.05) is 20.4 Å². The van der Waals surface area contributed by atoms with Gasteiger partial charge in [0.05, 0.1) is 18.5 Å². The molecule has 184 valence electrons. The highest BCUT2D eigenvalue weighted by Gasteiger charge is 2.21. The smallest absolute Gasteiger partial charge is 0.305 e. The van der Waals surface area contributed by atoms with E-state index in [-0.39, 0.29) is 30.3 Å². The van der Waals surface area contributed by atoms with Crippen LogP contribution in [0, 0.1) is 5.82 Å². The molecule has 1 atom stereocenters. The molecular formula is C28H31FNO4P. The fourth-order valence-corrected chi connectivity index (χ4v) is 5.20. The van der Waals surface area contributed by atoms with Crippen LogP contribution in [0.3, 0.4) is 0 Å². The lowest BCUT2D eigenvalue weighted by atomic mass is 9.92. The zero-order valence-electron chi connectivity index (χ0n) is 20.5. The summed E-state index contributed by atoms with van der Waals surface area (Å²) in [5.41, 5.74) is 5.02. The maximum Gasteiger partial charge on any atom is 0.305 e. The number of methoxy groups -OCH3 is 1. The number of pyridine rings is 1. The molecule has 7 heteroatoms. The largest absolute Gasteiger partial charge is 0.469 e. The minimum atomic E-state index is -3.15. The number of nitrogens with zero attached hydrogens (tertiary/aromatic N) is 1. The molecule has 3 rings (SSSR count). The van der Waals surface area contributed by atoms with Crippen molar-refractivity contribution < 1.29 is 23.0 Å². The van der Waals surface area contributed by atoms with Crippen molar-refractivity contribution >= 4 is 19.4 Å². The predicted molar refractivity (Wildman–Crippen MR) is 139 cm³/mol. The Balaban J connectivity index is 2.11. The van der Waals surface area contributed by atoms with E-state index in [0.29, 0.717) is 12.1 Å². The summed E-state index contributed by atoms with van der Waals surface area (Å²) in [5.74, 6) is 1.05. The number of hydrogen-bond acceptors (Lipinski definition) is 5. The zero-order valence-corrected chi connectivity index (χ0v) is 21.4. The van der Waals surface area contributed by atoms with E-state index < -0.39 is 7.37 Å². The van der Waals surface area contributed by atoms with Gasteiger partial charge in [0.25, 0.3) is 0 Å². The Morgan fingerprint density at radius 2 is 1.74 bits per heavy atom. The normalized spacial score (nSPS) is 13.2. The maximum absolute atomic E-state index is 13.7. The molecule has 0 fully saturated rings. The van der Waals surface area contributed by atoms with Crippen molar-refractivity contribution in [1.82, 2.24) is 4.98 Å². The fourth-order valence-electron chi connectivity index (χ4n) is 3.77. The second-order valence-electron chi connectivity index (χ2n) is 8.51. The fraction of sp³-hybridized carbons (Fsp3) is 0.286. The second-order valence-corrected chi connectivity index (χ2v) is 11.1. The van der Waals surface area contributed by atoms with Crippen molar-refractivity contribution in [2.24, 2.45) is 0 Å². The first kappa shape index (κ1) is 26.5. The first-order valence-corrected chi connectivity index (χ1v) is 13.4. The lowest BCUT2D eigenvalue weighted by Crippen LogP contribution is -2.02. The predicted octanol–water partition coefficient (Wildman–Crippen LogP) is 7.53. The summed E-state index contributed by atoms with van der Waals surface area (Å²) in [5, 5.41) is 0. The first-order valence-electron chi connectivity index (χ1n) is 11.5. The molecule has 0 radical (unpaired) electrons. The van der Waals surface area contributed by atoms with Crippen LogP contribution in [0.4, 0.5) is 4.39 Å². The van der Waals surface area contributed by atoms with Gasteiger partial charge in [0.15, 0.2) is 0 Å². The number of halogens is 1. The minimum Gasteiger partial charge on any atom is -0.469 e. The summed E-state index contributed by atoms with van der Waals surface area (Å²) in [6, 6.07) is 18.1. The number of carbonyl (C=O) groups excluding carboxylic acids is 1. The van der Waals surface area contributed by atoms with Crippen LogP contribution < -0.4 is 0 Å². The highest BCUT2D eigenvalue weighted by molar-refractivity contribution is 7.62. The average Bonchev–Trinajstić information content (AvgIpc) is 2.87. The van der Waals surface area contributed by atoms with Gasteiger partial charge in [0.1, 0.15) is 5.82 Å². The van der Waals surface area contributed by atoms with Gasteiger partial charge in [-0.25, -0.2) is 9.37 Å². The number of aromatic nitrogens is 1. The van der Waals surface area contributed by atoms with Crippen molar-refractivity contribution in [3.63, 3.8) is 0 Å². The van der Waals surface area contributed by atoms with Gasteiger partial charge in [0, 0.05) is 42.2 Å². The molecule has 0 aliphatic rings. The molecule has 0 aliphatic carbocycles. The van der Waals surface area contributed by atoms with Crippen molar-refractivity contribution in [3.05, 3.63) is 83.4 Å². The molecule has 1 heterocycles. The first-order chi connectivity index (χ1) is 16.8. The summed E-state index contributed by atoms with van der Waals surface area (Å²) in [7, 11) is -0.413. The van der Waals surface area contributed by atoms with E-state index in [9.17, 15) is 13.8 Å². The Hall–Kier alpha value is -3.08. The summed E-state index contributed by atoms with van der Waals surface area (Å²) in [6.45, 7) is 4.17. The van der Waals surface area contributed by atoms with Crippen LogP contribution in [-0.2, 0) is 18.6 Å². The van der Waals surface area contributed by atoms with Crippen LogP contribution in [0.2, 0.25) is 0 Å². The number of ether oxygens (including phenoxy) is 1. The minimum absolute atomic E-state index is 0.139. The molecule has 3 aromatic rings. The third kappa shape index (κ3) is 6.97. The highest BCUT2D eigenvalue weighted by atomic mass is 31.2. The molecule has 2 aromatic carbocycles. The second kappa shape index (κ2) is 12.1. The van der Waals surface area contributed by atoms with E-state index in [1.165, 1.54) is 26.4 Å². The van der Waals surface area contributed by atoms with Gasteiger partial charge < -0.3 is 9.26 Å². The van der Waals surface area contributed by atoms with E-state index >= 15 is 0 Å². The van der Waals surface area contributed by atoms with Crippen molar-refractivity contribution in [3.8, 4) is 22.5 Å². The molecule has 0 bridgehead atoms. The lowest BCUT2D eigenvalue weighted by molar-refractivity contribution is -0.140. The monoisotopic (exact) mass is 495 g/mol. The van der Waals surface area contributed by atoms with Crippen LogP contribution in [0.15, 0.2) is 66.5 Å². The summed E-state index contributed by atoms with van der Waals surface area (Å²) >= 11 is 0. The Morgan fingerprint density at radius 1 is 1.06 bits per heavy atom. The maximum atomic E-state index is 13.7. The molecular weight excluding hydrogens is 464 g/mol. The Labute approximate surface area is 206 Å². The molecule has 5 nitrogen and oxygen atoms in total. The van der Waals surface area contributed by atoms with Gasteiger partial charge in [-0.3, -0.25) is 9.36 Å². The van der Waals surface area contributed by atoms with Crippen LogP contribution in [0.1, 0.15) is 43.7 Å². The van der Waals surface area contributed by atoms with Crippen LogP contribution in [0.5, 0.6) is 0 Å². The lowest BCUT2D eigenvalue weighted by Gasteiger charge is -2.18. The van der Waals surface area contributed by atoms with Gasteiger partial charge in [-0.1, -0.05) is 44.2 Å². The standard InChI is InChI=1S/C28H31FNO4P/c1-20(2)25-19-26(21-9-6-5-7-10-21)30-28(22-12-14-23(29)15-13-22)24(25)16-18-35(32,34-4)17-8-11-27(31)33-3/h5-7,9-10,12-16,18-20H,8,11,17H2,1-4H3/b18-16+/t35-/m0/s1. The Morgan fingerprint density at radius 3 is 2.34 bits per heavy atom. The summed E-state index contributed by atoms with van der Waals surface area (Å²) < 4.78 is 37.1. The van der Waals surface area contributed by atoms with Gasteiger partial charge >= 0.3 is 5.97 Å². The van der Waals surface area contributed by atoms with Crippen LogP contribution >= 0.6 is 7.37 Å². The number of carbonyl (C=O) groups is 1. The quantitative estimate of drug-likeness (QED) is 0.215. The van der Waals surface area contributed by atoms with E-state index in [2.05, 4.69) is 18.6 Å². The number of rotatable bonds is 10. The number of benzene rings is 2. The molecule has 0 N–H and O–H groups in total. The highest BCUT2D eigenvalue weighted by Crippen LogP contribution is 2.49. The van der Waals surface area contributed by atoms with Gasteiger partial charge in [-0.15, -0.1) is 0 Å². The Bertz CT molecular complexity index is 1220. The SMILES string of the molecule is COC(=O)CCC[P@@](=O)(/C=C/c1c(C(C)C)cc(-c2ccccc2)nc1-c1ccc(F)cc1)OC. The Kier molecular flexibility index (Phi) is 9.13. The van der Waals surface area contributed by atoms with Crippen molar-refractivity contribution in [1.29, 1.82) is 0 Å². The van der Waals surface area contributed by atoms with Crippen LogP contribution in [0.25, 0.3) is 28.6 Å². The molecule has 0 saturated heterocycles. The third-order valence-electron chi connectivity index (χ3n) is 5.76. The van der Waals surface area contributed by atoms with E-state index in [1.54, 1.807) is 24.0 Å². The number of esters is 1. The molecule has 0 unspecified atom stereocenters. The molecule has 0 aliphatic heterocycles. The third-order valence-corrected chi connectivity index (χ3v) is 7.92. The summed E-state index contributed by atoms with van der Waals surface area (Å²) in [4.78, 5) is 16.4. The van der Waals surface area contributed by atoms with Gasteiger partial charge in [-0.05, 0) is 54.3 Å². The van der Waals surface area contributed by atoms with E-state index in [4.69, 9.17) is 9.51 Å². The van der Waals surface area contributed by atoms with Gasteiger partial charge in [0.2, 0.25) is 7.37 Å².